The van der Waals surface area contributed by atoms with Crippen molar-refractivity contribution in [2.75, 3.05) is 5.32 Å². The van der Waals surface area contributed by atoms with Crippen LogP contribution in [0.4, 0.5) is 10.1 Å². The lowest BCUT2D eigenvalue weighted by molar-refractivity contribution is 0.0696. The van der Waals surface area contributed by atoms with E-state index in [9.17, 15) is 14.0 Å². The van der Waals surface area contributed by atoms with Crippen LogP contribution in [0.5, 0.6) is 0 Å². The lowest BCUT2D eigenvalue weighted by Crippen LogP contribution is -2.13. The van der Waals surface area contributed by atoms with E-state index in [0.29, 0.717) is 5.56 Å². The van der Waals surface area contributed by atoms with E-state index in [1.54, 1.807) is 6.92 Å². The molecule has 0 spiro atoms. The van der Waals surface area contributed by atoms with Gasteiger partial charge in [0.15, 0.2) is 0 Å². The van der Waals surface area contributed by atoms with E-state index >= 15 is 0 Å². The van der Waals surface area contributed by atoms with Gasteiger partial charge in [-0.3, -0.25) is 4.79 Å². The van der Waals surface area contributed by atoms with Gasteiger partial charge in [0.2, 0.25) is 0 Å². The Morgan fingerprint density at radius 1 is 1.14 bits per heavy atom. The third-order valence-corrected chi connectivity index (χ3v) is 3.08. The Balaban J connectivity index is 2.25. The van der Waals surface area contributed by atoms with Gasteiger partial charge in [0.1, 0.15) is 5.82 Å². The topological polar surface area (TPSA) is 66.4 Å². The number of aromatic carboxylic acids is 1. The second-order valence-electron chi connectivity index (χ2n) is 4.47. The maximum absolute atomic E-state index is 13.3. The van der Waals surface area contributed by atoms with Crippen LogP contribution in [0.1, 0.15) is 26.3 Å². The number of carbonyl (C=O) groups is 2. The van der Waals surface area contributed by atoms with Gasteiger partial charge in [-0.05, 0) is 48.9 Å². The summed E-state index contributed by atoms with van der Waals surface area (Å²) in [6, 6.07) is 7.90. The Kier molecular flexibility index (Phi) is 4.23. The zero-order valence-electron chi connectivity index (χ0n) is 11.0. The van der Waals surface area contributed by atoms with E-state index in [1.807, 2.05) is 0 Å². The van der Waals surface area contributed by atoms with Crippen molar-refractivity contribution in [2.24, 2.45) is 0 Å². The van der Waals surface area contributed by atoms with Crippen molar-refractivity contribution in [2.45, 2.75) is 6.92 Å². The molecule has 21 heavy (non-hydrogen) atoms. The normalized spacial score (nSPS) is 10.2. The van der Waals surface area contributed by atoms with Gasteiger partial charge in [0, 0.05) is 5.56 Å². The molecule has 0 saturated heterocycles. The molecule has 0 saturated carbocycles. The molecule has 0 aromatic heterocycles. The van der Waals surface area contributed by atoms with Crippen molar-refractivity contribution in [3.05, 3.63) is 63.9 Å². The zero-order valence-corrected chi connectivity index (χ0v) is 11.7. The number of carboxylic acid groups (broad SMARTS) is 1. The van der Waals surface area contributed by atoms with E-state index in [0.717, 1.165) is 6.07 Å². The van der Waals surface area contributed by atoms with Gasteiger partial charge < -0.3 is 10.4 Å². The SMILES string of the molecule is Cc1cc(F)cc(C(=O)Nc2ccc(C(=O)O)cc2Cl)c1. The number of hydrogen-bond acceptors (Lipinski definition) is 2. The smallest absolute Gasteiger partial charge is 0.335 e. The highest BCUT2D eigenvalue weighted by Crippen LogP contribution is 2.24. The molecule has 0 aliphatic heterocycles. The summed E-state index contributed by atoms with van der Waals surface area (Å²) in [6.45, 7) is 1.68. The van der Waals surface area contributed by atoms with Crippen molar-refractivity contribution < 1.29 is 19.1 Å². The second-order valence-corrected chi connectivity index (χ2v) is 4.88. The van der Waals surface area contributed by atoms with Gasteiger partial charge in [-0.1, -0.05) is 11.6 Å². The molecule has 2 N–H and O–H groups in total. The molecular formula is C15H11ClFNO3. The number of benzene rings is 2. The number of halogens is 2. The fourth-order valence-corrected chi connectivity index (χ4v) is 2.04. The average Bonchev–Trinajstić information content (AvgIpc) is 2.39. The van der Waals surface area contributed by atoms with Crippen molar-refractivity contribution in [1.29, 1.82) is 0 Å². The van der Waals surface area contributed by atoms with E-state index in [2.05, 4.69) is 5.32 Å². The summed E-state index contributed by atoms with van der Waals surface area (Å²) in [4.78, 5) is 22.8. The molecule has 0 aliphatic carbocycles. The summed E-state index contributed by atoms with van der Waals surface area (Å²) >= 11 is 5.92. The van der Waals surface area contributed by atoms with Crippen LogP contribution >= 0.6 is 11.6 Å². The number of carbonyl (C=O) groups excluding carboxylic acids is 1. The third kappa shape index (κ3) is 3.58. The van der Waals surface area contributed by atoms with Gasteiger partial charge in [-0.2, -0.15) is 0 Å². The molecule has 6 heteroatoms. The molecule has 0 heterocycles. The van der Waals surface area contributed by atoms with Crippen molar-refractivity contribution in [3.63, 3.8) is 0 Å². The molecule has 2 aromatic rings. The number of anilines is 1. The molecule has 0 fully saturated rings. The highest BCUT2D eigenvalue weighted by atomic mass is 35.5. The van der Waals surface area contributed by atoms with E-state index in [4.69, 9.17) is 16.7 Å². The summed E-state index contributed by atoms with van der Waals surface area (Å²) in [5.74, 6) is -2.15. The number of carboxylic acids is 1. The largest absolute Gasteiger partial charge is 0.478 e. The maximum atomic E-state index is 13.3. The molecule has 0 unspecified atom stereocenters. The quantitative estimate of drug-likeness (QED) is 0.907. The first-order valence-electron chi connectivity index (χ1n) is 5.98. The van der Waals surface area contributed by atoms with Crippen LogP contribution in [-0.2, 0) is 0 Å². The number of nitrogens with one attached hydrogen (secondary N) is 1. The molecule has 0 aliphatic rings. The van der Waals surface area contributed by atoms with Crippen molar-refractivity contribution >= 4 is 29.2 Å². The predicted octanol–water partition coefficient (Wildman–Crippen LogP) is 3.74. The minimum atomic E-state index is -1.12. The first-order valence-corrected chi connectivity index (χ1v) is 6.36. The Hall–Kier alpha value is -2.40. The number of amides is 1. The fraction of sp³-hybridized carbons (Fsp3) is 0.0667. The highest BCUT2D eigenvalue weighted by molar-refractivity contribution is 6.34. The average molecular weight is 308 g/mol. The molecule has 0 radical (unpaired) electrons. The lowest BCUT2D eigenvalue weighted by atomic mass is 10.1. The van der Waals surface area contributed by atoms with Crippen LogP contribution < -0.4 is 5.32 Å². The van der Waals surface area contributed by atoms with Gasteiger partial charge in [-0.25, -0.2) is 9.18 Å². The monoisotopic (exact) mass is 307 g/mol. The van der Waals surface area contributed by atoms with Crippen LogP contribution in [-0.4, -0.2) is 17.0 Å². The Morgan fingerprint density at radius 3 is 2.43 bits per heavy atom. The standard InChI is InChI=1S/C15H11ClFNO3/c1-8-4-10(6-11(17)5-8)14(19)18-13-3-2-9(15(20)21)7-12(13)16/h2-7H,1H3,(H,18,19)(H,20,21). The molecule has 0 atom stereocenters. The maximum Gasteiger partial charge on any atom is 0.335 e. The fourth-order valence-electron chi connectivity index (χ4n) is 1.81. The Labute approximate surface area is 125 Å². The third-order valence-electron chi connectivity index (χ3n) is 2.77. The minimum Gasteiger partial charge on any atom is -0.478 e. The summed E-state index contributed by atoms with van der Waals surface area (Å²) in [7, 11) is 0. The predicted molar refractivity (Wildman–Crippen MR) is 77.5 cm³/mol. The van der Waals surface area contributed by atoms with E-state index in [-0.39, 0.29) is 21.8 Å². The van der Waals surface area contributed by atoms with Crippen LogP contribution in [0.15, 0.2) is 36.4 Å². The number of rotatable bonds is 3. The van der Waals surface area contributed by atoms with E-state index < -0.39 is 17.7 Å². The Morgan fingerprint density at radius 2 is 1.86 bits per heavy atom. The second kappa shape index (κ2) is 5.93. The molecule has 2 rings (SSSR count). The molecule has 4 nitrogen and oxygen atoms in total. The van der Waals surface area contributed by atoms with Gasteiger partial charge in [0.25, 0.3) is 5.91 Å². The van der Waals surface area contributed by atoms with Gasteiger partial charge >= 0.3 is 5.97 Å². The van der Waals surface area contributed by atoms with Crippen LogP contribution in [0.3, 0.4) is 0 Å². The van der Waals surface area contributed by atoms with Gasteiger partial charge in [0.05, 0.1) is 16.3 Å². The highest BCUT2D eigenvalue weighted by Gasteiger charge is 2.12. The lowest BCUT2D eigenvalue weighted by Gasteiger charge is -2.08. The summed E-state index contributed by atoms with van der Waals surface area (Å²) < 4.78 is 13.3. The van der Waals surface area contributed by atoms with Crippen LogP contribution in [0, 0.1) is 12.7 Å². The molecule has 0 bridgehead atoms. The first-order chi connectivity index (χ1) is 9.86. The van der Waals surface area contributed by atoms with Crippen LogP contribution in [0.25, 0.3) is 0 Å². The molecule has 108 valence electrons. The van der Waals surface area contributed by atoms with Crippen molar-refractivity contribution in [1.82, 2.24) is 0 Å². The summed E-state index contributed by atoms with van der Waals surface area (Å²) in [5.41, 5.74) is 1.05. The summed E-state index contributed by atoms with van der Waals surface area (Å²) in [5, 5.41) is 11.4. The Bertz CT molecular complexity index is 711. The summed E-state index contributed by atoms with van der Waals surface area (Å²) in [6.07, 6.45) is 0. The van der Waals surface area contributed by atoms with Crippen LogP contribution in [0.2, 0.25) is 5.02 Å². The van der Waals surface area contributed by atoms with Gasteiger partial charge in [-0.15, -0.1) is 0 Å². The molecule has 2 aromatic carbocycles. The first kappa shape index (κ1) is 15.0. The number of aryl methyl sites for hydroxylation is 1. The van der Waals surface area contributed by atoms with Crippen molar-refractivity contribution in [3.8, 4) is 0 Å². The zero-order chi connectivity index (χ0) is 15.6. The number of hydrogen-bond donors (Lipinski definition) is 2. The minimum absolute atomic E-state index is 0.0135. The van der Waals surface area contributed by atoms with E-state index in [1.165, 1.54) is 30.3 Å². The molecular weight excluding hydrogens is 297 g/mol. The molecule has 1 amide bonds.